The van der Waals surface area contributed by atoms with Gasteiger partial charge in [-0.1, -0.05) is 19.8 Å². The Morgan fingerprint density at radius 1 is 1.50 bits per heavy atom. The highest BCUT2D eigenvalue weighted by molar-refractivity contribution is 7.09. The maximum absolute atomic E-state index is 9.84. The first kappa shape index (κ1) is 17.6. The first-order valence-corrected chi connectivity index (χ1v) is 8.39. The minimum Gasteiger partial charge on any atom is -0.389 e. The number of nitrogens with zero attached hydrogens (tertiary/aromatic N) is 1. The van der Waals surface area contributed by atoms with E-state index in [0.29, 0.717) is 25.8 Å². The molecule has 0 saturated carbocycles. The number of unbranched alkanes of at least 4 members (excludes halogenated alkanes) is 1. The maximum Gasteiger partial charge on any atom is 0.0897 e. The minimum absolute atomic E-state index is 0.394. The van der Waals surface area contributed by atoms with Gasteiger partial charge in [-0.2, -0.15) is 0 Å². The zero-order valence-electron chi connectivity index (χ0n) is 12.9. The van der Waals surface area contributed by atoms with E-state index in [0.717, 1.165) is 18.5 Å². The summed E-state index contributed by atoms with van der Waals surface area (Å²) in [6.45, 7) is 8.01. The van der Waals surface area contributed by atoms with Crippen LogP contribution < -0.4 is 5.32 Å². The lowest BCUT2D eigenvalue weighted by Crippen LogP contribution is -2.36. The lowest BCUT2D eigenvalue weighted by atomic mass is 10.1. The monoisotopic (exact) mass is 300 g/mol. The lowest BCUT2D eigenvalue weighted by Gasteiger charge is -2.17. The van der Waals surface area contributed by atoms with Gasteiger partial charge in [-0.25, -0.2) is 4.98 Å². The van der Waals surface area contributed by atoms with Crippen LogP contribution in [-0.4, -0.2) is 42.0 Å². The van der Waals surface area contributed by atoms with Crippen LogP contribution in [-0.2, 0) is 11.2 Å². The molecule has 0 aliphatic carbocycles. The number of hydrogen-bond donors (Lipinski definition) is 2. The van der Waals surface area contributed by atoms with E-state index in [4.69, 9.17) is 4.74 Å². The molecule has 0 bridgehead atoms. The van der Waals surface area contributed by atoms with Crippen LogP contribution in [0.3, 0.4) is 0 Å². The molecule has 0 spiro atoms. The van der Waals surface area contributed by atoms with Crippen molar-refractivity contribution in [3.8, 4) is 0 Å². The fourth-order valence-electron chi connectivity index (χ4n) is 1.96. The van der Waals surface area contributed by atoms with Crippen LogP contribution in [0.15, 0.2) is 5.51 Å². The van der Waals surface area contributed by atoms with Gasteiger partial charge in [-0.05, 0) is 20.3 Å². The molecule has 0 radical (unpaired) electrons. The highest BCUT2D eigenvalue weighted by Crippen LogP contribution is 2.12. The number of aromatic nitrogens is 1. The van der Waals surface area contributed by atoms with E-state index in [9.17, 15) is 5.11 Å². The molecule has 0 amide bonds. The molecule has 0 aromatic carbocycles. The summed E-state index contributed by atoms with van der Waals surface area (Å²) in [5, 5.41) is 13.2. The Balaban J connectivity index is 2.02. The third kappa shape index (κ3) is 7.33. The Morgan fingerprint density at radius 2 is 2.30 bits per heavy atom. The van der Waals surface area contributed by atoms with Gasteiger partial charge in [0.1, 0.15) is 0 Å². The van der Waals surface area contributed by atoms with Gasteiger partial charge in [0.2, 0.25) is 0 Å². The number of rotatable bonds is 11. The van der Waals surface area contributed by atoms with Crippen molar-refractivity contribution >= 4 is 11.3 Å². The van der Waals surface area contributed by atoms with E-state index in [-0.39, 0.29) is 0 Å². The Labute approximate surface area is 126 Å². The second-order valence-electron chi connectivity index (χ2n) is 5.29. The topological polar surface area (TPSA) is 54.4 Å². The highest BCUT2D eigenvalue weighted by atomic mass is 32.1. The predicted octanol–water partition coefficient (Wildman–Crippen LogP) is 2.54. The first-order valence-electron chi connectivity index (χ1n) is 7.51. The number of hydrogen-bond acceptors (Lipinski definition) is 5. The van der Waals surface area contributed by atoms with Gasteiger partial charge in [-0.15, -0.1) is 11.3 Å². The molecule has 1 aromatic rings. The van der Waals surface area contributed by atoms with Gasteiger partial charge >= 0.3 is 0 Å². The van der Waals surface area contributed by atoms with E-state index in [1.165, 1.54) is 17.7 Å². The van der Waals surface area contributed by atoms with Crippen molar-refractivity contribution in [2.75, 3.05) is 19.8 Å². The molecule has 20 heavy (non-hydrogen) atoms. The van der Waals surface area contributed by atoms with E-state index >= 15 is 0 Å². The number of ether oxygens (including phenoxy) is 1. The van der Waals surface area contributed by atoms with Gasteiger partial charge < -0.3 is 15.2 Å². The van der Waals surface area contributed by atoms with Gasteiger partial charge in [0.25, 0.3) is 0 Å². The van der Waals surface area contributed by atoms with Crippen molar-refractivity contribution in [2.45, 2.75) is 58.6 Å². The molecular formula is C15H28N2O2S. The average Bonchev–Trinajstić information content (AvgIpc) is 2.84. The lowest BCUT2D eigenvalue weighted by molar-refractivity contribution is 0.0372. The second kappa shape index (κ2) is 10.3. The summed E-state index contributed by atoms with van der Waals surface area (Å²) in [5.41, 5.74) is 2.95. The normalized spacial score (nSPS) is 14.4. The van der Waals surface area contributed by atoms with Crippen molar-refractivity contribution in [1.29, 1.82) is 0 Å². The van der Waals surface area contributed by atoms with Crippen molar-refractivity contribution < 1.29 is 9.84 Å². The highest BCUT2D eigenvalue weighted by Gasteiger charge is 2.07. The Morgan fingerprint density at radius 3 is 2.95 bits per heavy atom. The molecule has 4 nitrogen and oxygen atoms in total. The molecule has 116 valence electrons. The van der Waals surface area contributed by atoms with Crippen LogP contribution >= 0.6 is 11.3 Å². The smallest absolute Gasteiger partial charge is 0.0897 e. The molecule has 2 N–H and O–H groups in total. The van der Waals surface area contributed by atoms with Gasteiger partial charge in [0.05, 0.1) is 30.5 Å². The van der Waals surface area contributed by atoms with Crippen molar-refractivity contribution in [1.82, 2.24) is 10.3 Å². The van der Waals surface area contributed by atoms with E-state index in [1.807, 2.05) is 12.4 Å². The molecule has 1 aromatic heterocycles. The molecular weight excluding hydrogens is 272 g/mol. The van der Waals surface area contributed by atoms with Crippen LogP contribution in [0.25, 0.3) is 0 Å². The fraction of sp³-hybridized carbons (Fsp3) is 0.800. The van der Waals surface area contributed by atoms with Crippen LogP contribution in [0.1, 0.15) is 43.7 Å². The minimum atomic E-state index is -0.429. The van der Waals surface area contributed by atoms with Gasteiger partial charge in [-0.3, -0.25) is 0 Å². The molecule has 0 fully saturated rings. The number of nitrogens with one attached hydrogen (secondary N) is 1. The van der Waals surface area contributed by atoms with Crippen molar-refractivity contribution in [3.05, 3.63) is 16.1 Å². The largest absolute Gasteiger partial charge is 0.389 e. The number of thiazole rings is 1. The van der Waals surface area contributed by atoms with Gasteiger partial charge in [0, 0.05) is 23.9 Å². The average molecular weight is 300 g/mol. The Hall–Kier alpha value is -0.490. The summed E-state index contributed by atoms with van der Waals surface area (Å²) < 4.78 is 5.53. The van der Waals surface area contributed by atoms with E-state index < -0.39 is 6.10 Å². The van der Waals surface area contributed by atoms with Crippen LogP contribution in [0, 0.1) is 6.92 Å². The number of aryl methyl sites for hydroxylation is 1. The number of aliphatic hydroxyl groups is 1. The summed E-state index contributed by atoms with van der Waals surface area (Å²) in [6, 6.07) is 0.462. The molecule has 2 atom stereocenters. The third-order valence-electron chi connectivity index (χ3n) is 3.32. The zero-order chi connectivity index (χ0) is 14.8. The summed E-state index contributed by atoms with van der Waals surface area (Å²) in [7, 11) is 0. The molecule has 1 rings (SSSR count). The first-order chi connectivity index (χ1) is 9.63. The summed E-state index contributed by atoms with van der Waals surface area (Å²) in [5.74, 6) is 0. The Bertz CT molecular complexity index is 357. The molecule has 5 heteroatoms. The molecule has 1 heterocycles. The summed E-state index contributed by atoms with van der Waals surface area (Å²) in [4.78, 5) is 5.48. The number of aliphatic hydroxyl groups excluding tert-OH is 1. The van der Waals surface area contributed by atoms with E-state index in [2.05, 4.69) is 24.1 Å². The van der Waals surface area contributed by atoms with Crippen LogP contribution in [0.5, 0.6) is 0 Å². The predicted molar refractivity (Wildman–Crippen MR) is 84.4 cm³/mol. The molecule has 0 aliphatic heterocycles. The van der Waals surface area contributed by atoms with E-state index in [1.54, 1.807) is 11.3 Å². The van der Waals surface area contributed by atoms with Gasteiger partial charge in [0.15, 0.2) is 0 Å². The Kier molecular flexibility index (Phi) is 9.02. The van der Waals surface area contributed by atoms with Crippen molar-refractivity contribution in [2.24, 2.45) is 0 Å². The second-order valence-corrected chi connectivity index (χ2v) is 6.23. The maximum atomic E-state index is 9.84. The molecule has 0 aliphatic rings. The standard InChI is InChI=1S/C15H28N2O2S/c1-4-5-6-12(2)16-9-14(18)10-19-8-7-15-13(3)17-11-20-15/h11-12,14,16,18H,4-10H2,1-3H3. The summed E-state index contributed by atoms with van der Waals surface area (Å²) >= 11 is 1.66. The van der Waals surface area contributed by atoms with Crippen molar-refractivity contribution in [3.63, 3.8) is 0 Å². The van der Waals surface area contributed by atoms with Crippen LogP contribution in [0.4, 0.5) is 0 Å². The quantitative estimate of drug-likeness (QED) is 0.617. The van der Waals surface area contributed by atoms with Crippen LogP contribution in [0.2, 0.25) is 0 Å². The molecule has 0 saturated heterocycles. The SMILES string of the molecule is CCCCC(C)NCC(O)COCCc1scnc1C. The summed E-state index contributed by atoms with van der Waals surface area (Å²) in [6.07, 6.45) is 4.06. The zero-order valence-corrected chi connectivity index (χ0v) is 13.7. The third-order valence-corrected chi connectivity index (χ3v) is 4.32. The fourth-order valence-corrected chi connectivity index (χ4v) is 2.72. The molecule has 2 unspecified atom stereocenters.